The van der Waals surface area contributed by atoms with Gasteiger partial charge in [-0.1, -0.05) is 26.0 Å². The van der Waals surface area contributed by atoms with Gasteiger partial charge in [-0.2, -0.15) is 0 Å². The van der Waals surface area contributed by atoms with Gasteiger partial charge in [-0.05, 0) is 61.7 Å². The van der Waals surface area contributed by atoms with Crippen LogP contribution in [0.2, 0.25) is 0 Å². The monoisotopic (exact) mass is 301 g/mol. The minimum absolute atomic E-state index is 0.311. The fourth-order valence-corrected chi connectivity index (χ4v) is 4.64. The number of ketones is 1. The average Bonchev–Trinajstić information content (AvgIpc) is 3.20. The molecule has 0 N–H and O–H groups in total. The summed E-state index contributed by atoms with van der Waals surface area (Å²) in [5, 5.41) is 3.27. The molecule has 3 rings (SSSR count). The van der Waals surface area contributed by atoms with E-state index in [1.54, 1.807) is 11.3 Å². The van der Waals surface area contributed by atoms with Crippen LogP contribution in [0.25, 0.3) is 10.1 Å². The third kappa shape index (κ3) is 2.33. The van der Waals surface area contributed by atoms with E-state index in [9.17, 15) is 4.79 Å². The number of hydrogen-bond donors (Lipinski definition) is 0. The lowest BCUT2D eigenvalue weighted by Crippen LogP contribution is -2.52. The minimum Gasteiger partial charge on any atom is -0.292 e. The molecule has 2 aromatic rings. The van der Waals surface area contributed by atoms with Gasteiger partial charge in [0.25, 0.3) is 0 Å². The van der Waals surface area contributed by atoms with Gasteiger partial charge in [0, 0.05) is 10.3 Å². The van der Waals surface area contributed by atoms with Crippen molar-refractivity contribution in [2.45, 2.75) is 45.1 Å². The number of fused-ring (bicyclic) bond motifs is 1. The maximum absolute atomic E-state index is 13.4. The van der Waals surface area contributed by atoms with Crippen LogP contribution in [0.5, 0.6) is 0 Å². The molecule has 0 amide bonds. The standard InChI is InChI=1S/C18H23NOS/c1-3-18(4-2,19-11-5-6-12-19)17(20)15-9-7-8-14-10-13-21-16(14)15/h7-10,13H,3-6,11-12H2,1-2H3. The molecule has 0 saturated carbocycles. The van der Waals surface area contributed by atoms with Gasteiger partial charge in [-0.15, -0.1) is 11.3 Å². The number of rotatable bonds is 5. The van der Waals surface area contributed by atoms with Crippen molar-refractivity contribution in [3.63, 3.8) is 0 Å². The van der Waals surface area contributed by atoms with Crippen LogP contribution in [0.3, 0.4) is 0 Å². The summed E-state index contributed by atoms with van der Waals surface area (Å²) in [6.07, 6.45) is 4.23. The highest BCUT2D eigenvalue weighted by molar-refractivity contribution is 7.17. The first-order valence-electron chi connectivity index (χ1n) is 7.99. The Balaban J connectivity index is 2.07. The van der Waals surface area contributed by atoms with Gasteiger partial charge in [0.2, 0.25) is 0 Å². The van der Waals surface area contributed by atoms with Crippen molar-refractivity contribution in [1.82, 2.24) is 4.90 Å². The molecule has 0 aliphatic carbocycles. The van der Waals surface area contributed by atoms with Crippen molar-refractivity contribution in [2.24, 2.45) is 0 Å². The van der Waals surface area contributed by atoms with E-state index in [0.717, 1.165) is 36.2 Å². The van der Waals surface area contributed by atoms with Gasteiger partial charge in [0.15, 0.2) is 5.78 Å². The second-order valence-corrected chi connectivity index (χ2v) is 6.82. The lowest BCUT2D eigenvalue weighted by Gasteiger charge is -2.39. The van der Waals surface area contributed by atoms with Crippen molar-refractivity contribution in [2.75, 3.05) is 13.1 Å². The average molecular weight is 301 g/mol. The van der Waals surface area contributed by atoms with E-state index < -0.39 is 0 Å². The highest BCUT2D eigenvalue weighted by atomic mass is 32.1. The second kappa shape index (κ2) is 5.90. The van der Waals surface area contributed by atoms with E-state index >= 15 is 0 Å². The molecular weight excluding hydrogens is 278 g/mol. The molecule has 2 heterocycles. The summed E-state index contributed by atoms with van der Waals surface area (Å²) in [5.41, 5.74) is 0.604. The number of hydrogen-bond acceptors (Lipinski definition) is 3. The molecule has 3 heteroatoms. The Morgan fingerprint density at radius 2 is 1.90 bits per heavy atom. The Labute approximate surface area is 130 Å². The highest BCUT2D eigenvalue weighted by Gasteiger charge is 2.42. The van der Waals surface area contributed by atoms with Crippen molar-refractivity contribution in [1.29, 1.82) is 0 Å². The first-order chi connectivity index (χ1) is 10.2. The van der Waals surface area contributed by atoms with E-state index in [1.807, 2.05) is 12.1 Å². The fraction of sp³-hybridized carbons (Fsp3) is 0.500. The quantitative estimate of drug-likeness (QED) is 0.744. The Bertz CT molecular complexity index is 635. The molecule has 1 aliphatic rings. The summed E-state index contributed by atoms with van der Waals surface area (Å²) >= 11 is 1.68. The van der Waals surface area contributed by atoms with Crippen LogP contribution in [-0.4, -0.2) is 29.3 Å². The second-order valence-electron chi connectivity index (χ2n) is 5.91. The molecule has 1 aromatic heterocycles. The molecule has 112 valence electrons. The van der Waals surface area contributed by atoms with Gasteiger partial charge in [0.05, 0.1) is 5.54 Å². The third-order valence-electron chi connectivity index (χ3n) is 5.03. The zero-order valence-corrected chi connectivity index (χ0v) is 13.7. The van der Waals surface area contributed by atoms with E-state index in [-0.39, 0.29) is 5.54 Å². The van der Waals surface area contributed by atoms with Crippen LogP contribution < -0.4 is 0 Å². The molecule has 0 unspecified atom stereocenters. The van der Waals surface area contributed by atoms with Crippen molar-refractivity contribution in [3.8, 4) is 0 Å². The Hall–Kier alpha value is -1.19. The lowest BCUT2D eigenvalue weighted by atomic mass is 9.82. The topological polar surface area (TPSA) is 20.3 Å². The summed E-state index contributed by atoms with van der Waals surface area (Å²) in [7, 11) is 0. The Morgan fingerprint density at radius 3 is 2.57 bits per heavy atom. The fourth-order valence-electron chi connectivity index (χ4n) is 3.73. The molecule has 0 atom stereocenters. The first-order valence-corrected chi connectivity index (χ1v) is 8.87. The predicted molar refractivity (Wildman–Crippen MR) is 90.3 cm³/mol. The number of benzene rings is 1. The smallest absolute Gasteiger partial charge is 0.184 e. The Kier molecular flexibility index (Phi) is 4.14. The van der Waals surface area contributed by atoms with Crippen LogP contribution in [-0.2, 0) is 0 Å². The van der Waals surface area contributed by atoms with Crippen LogP contribution in [0.1, 0.15) is 49.9 Å². The third-order valence-corrected chi connectivity index (χ3v) is 5.99. The molecule has 0 bridgehead atoms. The number of Topliss-reactive ketones (excluding diaryl/α,β-unsaturated/α-hetero) is 1. The van der Waals surface area contributed by atoms with Gasteiger partial charge in [-0.25, -0.2) is 0 Å². The van der Waals surface area contributed by atoms with Crippen molar-refractivity contribution >= 4 is 27.2 Å². The Morgan fingerprint density at radius 1 is 1.19 bits per heavy atom. The van der Waals surface area contributed by atoms with E-state index in [4.69, 9.17) is 0 Å². The molecule has 21 heavy (non-hydrogen) atoms. The maximum atomic E-state index is 13.4. The minimum atomic E-state index is -0.311. The zero-order chi connectivity index (χ0) is 14.9. The van der Waals surface area contributed by atoms with Crippen LogP contribution in [0, 0.1) is 0 Å². The molecule has 0 spiro atoms. The van der Waals surface area contributed by atoms with E-state index in [1.165, 1.54) is 18.2 Å². The first kappa shape index (κ1) is 14.7. The van der Waals surface area contributed by atoms with Crippen LogP contribution in [0.15, 0.2) is 29.6 Å². The maximum Gasteiger partial charge on any atom is 0.184 e. The largest absolute Gasteiger partial charge is 0.292 e. The number of carbonyl (C=O) groups is 1. The summed E-state index contributed by atoms with van der Waals surface area (Å²) in [5.74, 6) is 0.322. The van der Waals surface area contributed by atoms with E-state index in [0.29, 0.717) is 5.78 Å². The van der Waals surface area contributed by atoms with Crippen molar-refractivity contribution in [3.05, 3.63) is 35.2 Å². The highest BCUT2D eigenvalue weighted by Crippen LogP contribution is 2.35. The number of nitrogens with zero attached hydrogens (tertiary/aromatic N) is 1. The lowest BCUT2D eigenvalue weighted by molar-refractivity contribution is 0.0583. The molecule has 1 saturated heterocycles. The summed E-state index contributed by atoms with van der Waals surface area (Å²) in [4.78, 5) is 15.8. The molecule has 0 radical (unpaired) electrons. The number of thiophene rings is 1. The summed E-state index contributed by atoms with van der Waals surface area (Å²) in [6, 6.07) is 8.23. The zero-order valence-electron chi connectivity index (χ0n) is 12.9. The normalized spacial score (nSPS) is 16.7. The molecular formula is C18H23NOS. The molecule has 2 nitrogen and oxygen atoms in total. The van der Waals surface area contributed by atoms with Gasteiger partial charge in [-0.3, -0.25) is 9.69 Å². The van der Waals surface area contributed by atoms with Crippen LogP contribution in [0.4, 0.5) is 0 Å². The summed E-state index contributed by atoms with van der Waals surface area (Å²) < 4.78 is 1.15. The molecule has 1 aromatic carbocycles. The predicted octanol–water partition coefficient (Wildman–Crippen LogP) is 4.74. The van der Waals surface area contributed by atoms with Crippen LogP contribution >= 0.6 is 11.3 Å². The molecule has 1 fully saturated rings. The van der Waals surface area contributed by atoms with Gasteiger partial charge in [0.1, 0.15) is 0 Å². The SMILES string of the molecule is CCC(CC)(C(=O)c1cccc2ccsc12)N1CCCC1. The number of carbonyl (C=O) groups excluding carboxylic acids is 1. The van der Waals surface area contributed by atoms with Crippen molar-refractivity contribution < 1.29 is 4.79 Å². The van der Waals surface area contributed by atoms with Gasteiger partial charge < -0.3 is 0 Å². The molecule has 1 aliphatic heterocycles. The summed E-state index contributed by atoms with van der Waals surface area (Å²) in [6.45, 7) is 6.45. The number of likely N-dealkylation sites (tertiary alicyclic amines) is 1. The van der Waals surface area contributed by atoms with Gasteiger partial charge >= 0.3 is 0 Å². The van der Waals surface area contributed by atoms with E-state index in [2.05, 4.69) is 36.3 Å².